The molecule has 0 atom stereocenters. The number of halogens is 1. The van der Waals surface area contributed by atoms with Gasteiger partial charge in [-0.2, -0.15) is 19.9 Å². The lowest BCUT2D eigenvalue weighted by molar-refractivity contribution is 0.954. The van der Waals surface area contributed by atoms with Crippen LogP contribution in [0.3, 0.4) is 0 Å². The Hall–Kier alpha value is -8.55. The van der Waals surface area contributed by atoms with Gasteiger partial charge in [-0.3, -0.25) is 14.5 Å². The fourth-order valence-electron chi connectivity index (χ4n) is 8.49. The van der Waals surface area contributed by atoms with Crippen molar-refractivity contribution >= 4 is 98.3 Å². The van der Waals surface area contributed by atoms with Crippen LogP contribution in [0.25, 0.3) is 116 Å². The van der Waals surface area contributed by atoms with Crippen molar-refractivity contribution in [3.63, 3.8) is 0 Å². The van der Waals surface area contributed by atoms with E-state index < -0.39 is 0 Å². The highest BCUT2D eigenvalue weighted by molar-refractivity contribution is 7.17. The number of nitrogens with zero attached hydrogens (tertiary/aromatic N) is 9. The van der Waals surface area contributed by atoms with Gasteiger partial charge in [0.25, 0.3) is 0 Å². The van der Waals surface area contributed by atoms with Crippen LogP contribution in [0.15, 0.2) is 205 Å². The Labute approximate surface area is 407 Å². The lowest BCUT2D eigenvalue weighted by atomic mass is 10.2. The first kappa shape index (κ1) is 41.9. The Bertz CT molecular complexity index is 3990. The molecule has 0 saturated heterocycles. The standard InChI is InChI=1S/C28H17N5S.C15H10ClN3.C13H8N2S/c1-3-8-18(9-4-1)26-30-27(19-10-5-2-6-11-19)32-28(31-26)33-22-12-7-16-29-24(22)21-13-14-23-20(25(21)33)15-17-34-23;16-15-18-13(11-7-3-1-4-8-11)17-14(19-15)12-9-5-2-6-10-12;1-2-10-13(14-6-1)9-3-4-11-8(5-7-16-11)12(9)15-10/h1-17H;1-10H;1-7,15H. The van der Waals surface area contributed by atoms with Crippen LogP contribution in [0.2, 0.25) is 5.28 Å². The van der Waals surface area contributed by atoms with Gasteiger partial charge in [0, 0.05) is 65.6 Å². The molecule has 13 heteroatoms. The van der Waals surface area contributed by atoms with E-state index in [2.05, 4.69) is 88.8 Å². The Morgan fingerprint density at radius 1 is 0.406 bits per heavy atom. The molecule has 0 radical (unpaired) electrons. The van der Waals surface area contributed by atoms with E-state index in [4.69, 9.17) is 31.5 Å². The highest BCUT2D eigenvalue weighted by Gasteiger charge is 2.20. The molecular weight excluding hydrogens is 912 g/mol. The van der Waals surface area contributed by atoms with E-state index in [0.717, 1.165) is 55.2 Å². The van der Waals surface area contributed by atoms with Crippen LogP contribution >= 0.6 is 34.3 Å². The van der Waals surface area contributed by atoms with Gasteiger partial charge in [-0.05, 0) is 83.0 Å². The molecule has 0 unspecified atom stereocenters. The molecule has 0 aliphatic rings. The predicted molar refractivity (Wildman–Crippen MR) is 283 cm³/mol. The predicted octanol–water partition coefficient (Wildman–Crippen LogP) is 14.7. The van der Waals surface area contributed by atoms with Gasteiger partial charge in [-0.25, -0.2) is 9.97 Å². The number of pyridine rings is 2. The summed E-state index contributed by atoms with van der Waals surface area (Å²) in [5.41, 5.74) is 10.1. The molecule has 10 nitrogen and oxygen atoms in total. The van der Waals surface area contributed by atoms with Gasteiger partial charge in [0.1, 0.15) is 0 Å². The molecule has 0 aliphatic carbocycles. The van der Waals surface area contributed by atoms with Crippen LogP contribution in [0.1, 0.15) is 0 Å². The summed E-state index contributed by atoms with van der Waals surface area (Å²) < 4.78 is 4.67. The smallest absolute Gasteiger partial charge is 0.238 e. The summed E-state index contributed by atoms with van der Waals surface area (Å²) in [6.45, 7) is 0. The molecule has 0 amide bonds. The third-order valence-corrected chi connectivity index (χ3v) is 13.6. The van der Waals surface area contributed by atoms with Crippen LogP contribution in [-0.4, -0.2) is 49.4 Å². The zero-order valence-corrected chi connectivity index (χ0v) is 38.7. The largest absolute Gasteiger partial charge is 0.353 e. The van der Waals surface area contributed by atoms with Gasteiger partial charge in [0.2, 0.25) is 11.2 Å². The summed E-state index contributed by atoms with van der Waals surface area (Å²) in [5, 5.41) is 9.21. The Morgan fingerprint density at radius 2 is 0.884 bits per heavy atom. The highest BCUT2D eigenvalue weighted by Crippen LogP contribution is 2.37. The fraction of sp³-hybridized carbons (Fsp3) is 0. The molecule has 0 saturated carbocycles. The minimum atomic E-state index is 0.202. The third kappa shape index (κ3) is 8.12. The molecule has 328 valence electrons. The van der Waals surface area contributed by atoms with Crippen LogP contribution in [-0.2, 0) is 0 Å². The first-order chi connectivity index (χ1) is 34.1. The molecule has 0 aliphatic heterocycles. The van der Waals surface area contributed by atoms with Crippen molar-refractivity contribution in [3.8, 4) is 51.5 Å². The molecule has 8 heterocycles. The van der Waals surface area contributed by atoms with Gasteiger partial charge in [-0.15, -0.1) is 22.7 Å². The summed E-state index contributed by atoms with van der Waals surface area (Å²) >= 11 is 9.49. The van der Waals surface area contributed by atoms with Crippen LogP contribution < -0.4 is 0 Å². The van der Waals surface area contributed by atoms with Gasteiger partial charge in [0.15, 0.2) is 23.3 Å². The first-order valence-corrected chi connectivity index (χ1v) is 24.1. The summed E-state index contributed by atoms with van der Waals surface area (Å²) in [4.78, 5) is 40.2. The Kier molecular flexibility index (Phi) is 11.1. The number of H-pyrrole nitrogens is 1. The second-order valence-corrected chi connectivity index (χ2v) is 18.1. The lowest BCUT2D eigenvalue weighted by Crippen LogP contribution is -2.06. The van der Waals surface area contributed by atoms with Crippen molar-refractivity contribution in [2.24, 2.45) is 0 Å². The van der Waals surface area contributed by atoms with E-state index in [1.807, 2.05) is 146 Å². The van der Waals surface area contributed by atoms with E-state index in [1.54, 1.807) is 22.7 Å². The minimum Gasteiger partial charge on any atom is -0.353 e. The van der Waals surface area contributed by atoms with E-state index in [9.17, 15) is 0 Å². The molecule has 14 aromatic rings. The molecule has 0 fully saturated rings. The van der Waals surface area contributed by atoms with Gasteiger partial charge < -0.3 is 4.98 Å². The van der Waals surface area contributed by atoms with Gasteiger partial charge >= 0.3 is 0 Å². The topological polar surface area (TPSA) is 124 Å². The molecule has 14 rings (SSSR count). The quantitative estimate of drug-likeness (QED) is 0.181. The summed E-state index contributed by atoms with van der Waals surface area (Å²) in [5.74, 6) is 3.03. The number of rotatable bonds is 5. The van der Waals surface area contributed by atoms with E-state index >= 15 is 0 Å². The number of aromatic amines is 1. The minimum absolute atomic E-state index is 0.202. The molecular formula is C56H35ClN10S2. The van der Waals surface area contributed by atoms with Crippen molar-refractivity contribution in [3.05, 3.63) is 210 Å². The first-order valence-electron chi connectivity index (χ1n) is 22.0. The highest BCUT2D eigenvalue weighted by atomic mass is 35.5. The number of aromatic nitrogens is 10. The number of hydrogen-bond acceptors (Lipinski definition) is 10. The number of thiophene rings is 2. The van der Waals surface area contributed by atoms with Crippen LogP contribution in [0.5, 0.6) is 0 Å². The maximum Gasteiger partial charge on any atom is 0.238 e. The zero-order valence-electron chi connectivity index (χ0n) is 36.3. The SMILES string of the molecule is Clc1nc(-c2ccccc2)nc(-c2ccccc2)n1.c1ccc(-c2nc(-c3ccccc3)nc(-n3c4cccnc4c4ccc5sccc5c43)n2)cc1.c1cnc2c(c1)[nH]c1c3ccsc3ccc21. The zero-order chi connectivity index (χ0) is 46.1. The van der Waals surface area contributed by atoms with E-state index in [1.165, 1.54) is 31.1 Å². The summed E-state index contributed by atoms with van der Waals surface area (Å²) in [7, 11) is 0. The lowest BCUT2D eigenvalue weighted by Gasteiger charge is -2.11. The van der Waals surface area contributed by atoms with Crippen molar-refractivity contribution in [1.82, 2.24) is 49.4 Å². The van der Waals surface area contributed by atoms with Gasteiger partial charge in [0.05, 0.1) is 33.1 Å². The average Bonchev–Trinajstić information content (AvgIpc) is 4.24. The second kappa shape index (κ2) is 18.3. The van der Waals surface area contributed by atoms with Crippen molar-refractivity contribution < 1.29 is 0 Å². The normalized spacial score (nSPS) is 11.3. The maximum absolute atomic E-state index is 5.99. The molecule has 0 bridgehead atoms. The second-order valence-electron chi connectivity index (χ2n) is 15.8. The number of hydrogen-bond donors (Lipinski definition) is 1. The summed E-state index contributed by atoms with van der Waals surface area (Å²) in [6, 6.07) is 60.6. The number of nitrogens with one attached hydrogen (secondary N) is 1. The molecule has 6 aromatic carbocycles. The van der Waals surface area contributed by atoms with E-state index in [-0.39, 0.29) is 5.28 Å². The Balaban J connectivity index is 0.000000118. The monoisotopic (exact) mass is 946 g/mol. The van der Waals surface area contributed by atoms with Gasteiger partial charge in [-0.1, -0.05) is 121 Å². The van der Waals surface area contributed by atoms with Crippen molar-refractivity contribution in [2.75, 3.05) is 0 Å². The molecule has 0 spiro atoms. The molecule has 8 aromatic heterocycles. The molecule has 1 N–H and O–H groups in total. The molecule has 69 heavy (non-hydrogen) atoms. The van der Waals surface area contributed by atoms with Crippen LogP contribution in [0.4, 0.5) is 0 Å². The van der Waals surface area contributed by atoms with Crippen molar-refractivity contribution in [2.45, 2.75) is 0 Å². The maximum atomic E-state index is 5.99. The third-order valence-electron chi connectivity index (χ3n) is 11.6. The fourth-order valence-corrected chi connectivity index (χ4v) is 10.2. The Morgan fingerprint density at radius 3 is 1.45 bits per heavy atom. The number of fused-ring (bicyclic) bond motifs is 10. The van der Waals surface area contributed by atoms with E-state index in [0.29, 0.717) is 29.2 Å². The average molecular weight is 948 g/mol. The van der Waals surface area contributed by atoms with Crippen molar-refractivity contribution in [1.29, 1.82) is 0 Å². The number of benzene rings is 6. The summed E-state index contributed by atoms with van der Waals surface area (Å²) in [6.07, 6.45) is 3.68. The van der Waals surface area contributed by atoms with Crippen LogP contribution in [0, 0.1) is 0 Å².